The average molecular weight is 388 g/mol. The monoisotopic (exact) mass is 387 g/mol. The third kappa shape index (κ3) is 4.03. The molecule has 4 heterocycles. The Morgan fingerprint density at radius 3 is 3.15 bits per heavy atom. The van der Waals surface area contributed by atoms with Gasteiger partial charge in [0.2, 0.25) is 5.91 Å². The van der Waals surface area contributed by atoms with Crippen LogP contribution in [-0.2, 0) is 17.9 Å². The number of hydrogen-bond donors (Lipinski definition) is 2. The number of aromatic nitrogens is 3. The molecule has 0 aliphatic carbocycles. The zero-order valence-electron chi connectivity index (χ0n) is 14.4. The van der Waals surface area contributed by atoms with E-state index in [1.165, 1.54) is 6.42 Å². The highest BCUT2D eigenvalue weighted by Crippen LogP contribution is 2.27. The third-order valence-corrected chi connectivity index (χ3v) is 6.44. The lowest BCUT2D eigenvalue weighted by molar-refractivity contribution is -0.122. The Kier molecular flexibility index (Phi) is 5.42. The normalized spacial score (nSPS) is 17.3. The summed E-state index contributed by atoms with van der Waals surface area (Å²) in [4.78, 5) is 18.1. The SMILES string of the molecule is O=C(Cn1nccc1[C@@H]1CCCNC1)NCc1csc(-c2cccs2)n1. The van der Waals surface area contributed by atoms with Crippen molar-refractivity contribution in [3.8, 4) is 9.88 Å². The minimum atomic E-state index is -0.0376. The van der Waals surface area contributed by atoms with Crippen LogP contribution in [0.25, 0.3) is 9.88 Å². The van der Waals surface area contributed by atoms with Crippen molar-refractivity contribution >= 4 is 28.6 Å². The highest BCUT2D eigenvalue weighted by molar-refractivity contribution is 7.20. The maximum Gasteiger partial charge on any atom is 0.242 e. The molecule has 8 heteroatoms. The first-order valence-electron chi connectivity index (χ1n) is 8.77. The van der Waals surface area contributed by atoms with Gasteiger partial charge in [0.1, 0.15) is 11.6 Å². The van der Waals surface area contributed by atoms with E-state index >= 15 is 0 Å². The zero-order chi connectivity index (χ0) is 17.8. The average Bonchev–Trinajstić information content (AvgIpc) is 3.41. The van der Waals surface area contributed by atoms with Gasteiger partial charge < -0.3 is 10.6 Å². The summed E-state index contributed by atoms with van der Waals surface area (Å²) in [5.41, 5.74) is 2.03. The summed E-state index contributed by atoms with van der Waals surface area (Å²) >= 11 is 3.28. The van der Waals surface area contributed by atoms with Gasteiger partial charge in [0.05, 0.1) is 17.1 Å². The summed E-state index contributed by atoms with van der Waals surface area (Å²) in [6, 6.07) is 6.11. The number of carbonyl (C=O) groups excluding carboxylic acids is 1. The predicted octanol–water partition coefficient (Wildman–Crippen LogP) is 2.85. The molecule has 0 aromatic carbocycles. The Morgan fingerprint density at radius 1 is 1.38 bits per heavy atom. The quantitative estimate of drug-likeness (QED) is 0.682. The van der Waals surface area contributed by atoms with Crippen LogP contribution in [0, 0.1) is 0 Å². The summed E-state index contributed by atoms with van der Waals surface area (Å²) in [6.45, 7) is 2.73. The summed E-state index contributed by atoms with van der Waals surface area (Å²) in [5.74, 6) is 0.398. The third-order valence-electron chi connectivity index (χ3n) is 4.51. The fourth-order valence-electron chi connectivity index (χ4n) is 3.21. The van der Waals surface area contributed by atoms with Crippen LogP contribution in [0.2, 0.25) is 0 Å². The van der Waals surface area contributed by atoms with E-state index in [2.05, 4.69) is 26.8 Å². The first-order chi connectivity index (χ1) is 12.8. The minimum Gasteiger partial charge on any atom is -0.349 e. The van der Waals surface area contributed by atoms with Crippen LogP contribution in [0.15, 0.2) is 35.2 Å². The Bertz CT molecular complexity index is 849. The van der Waals surface area contributed by atoms with Crippen molar-refractivity contribution in [3.63, 3.8) is 0 Å². The molecule has 1 amide bonds. The molecule has 6 nitrogen and oxygen atoms in total. The standard InChI is InChI=1S/C18H21N5OS2/c24-17(11-23-15(5-7-21-23)13-3-1-6-19-9-13)20-10-14-12-26-18(22-14)16-4-2-8-25-16/h2,4-5,7-8,12-13,19H,1,3,6,9-11H2,(H,20,24)/t13-/m1/s1. The molecule has 136 valence electrons. The van der Waals surface area contributed by atoms with Crippen molar-refractivity contribution in [3.05, 3.63) is 46.5 Å². The van der Waals surface area contributed by atoms with E-state index in [1.807, 2.05) is 27.6 Å². The molecule has 1 fully saturated rings. The Morgan fingerprint density at radius 2 is 2.35 bits per heavy atom. The van der Waals surface area contributed by atoms with Crippen LogP contribution < -0.4 is 10.6 Å². The number of amides is 1. The van der Waals surface area contributed by atoms with Crippen LogP contribution in [-0.4, -0.2) is 33.8 Å². The topological polar surface area (TPSA) is 71.8 Å². The first kappa shape index (κ1) is 17.4. The van der Waals surface area contributed by atoms with Gasteiger partial charge in [-0.15, -0.1) is 22.7 Å². The van der Waals surface area contributed by atoms with Gasteiger partial charge >= 0.3 is 0 Å². The number of nitrogens with zero attached hydrogens (tertiary/aromatic N) is 3. The number of thiazole rings is 1. The van der Waals surface area contributed by atoms with Crippen LogP contribution in [0.3, 0.4) is 0 Å². The van der Waals surface area contributed by atoms with Gasteiger partial charge in [-0.3, -0.25) is 9.48 Å². The minimum absolute atomic E-state index is 0.0376. The van der Waals surface area contributed by atoms with E-state index in [0.29, 0.717) is 12.5 Å². The van der Waals surface area contributed by atoms with Crippen LogP contribution in [0.4, 0.5) is 0 Å². The molecular weight excluding hydrogens is 366 g/mol. The highest BCUT2D eigenvalue weighted by atomic mass is 32.1. The predicted molar refractivity (Wildman–Crippen MR) is 104 cm³/mol. The maximum absolute atomic E-state index is 12.3. The number of hydrogen-bond acceptors (Lipinski definition) is 6. The van der Waals surface area contributed by atoms with Crippen molar-refractivity contribution in [1.82, 2.24) is 25.4 Å². The molecule has 0 spiro atoms. The molecule has 0 unspecified atom stereocenters. The molecule has 1 atom stereocenters. The summed E-state index contributed by atoms with van der Waals surface area (Å²) < 4.78 is 1.82. The largest absolute Gasteiger partial charge is 0.349 e. The summed E-state index contributed by atoms with van der Waals surface area (Å²) in [6.07, 6.45) is 4.09. The van der Waals surface area contributed by atoms with Crippen LogP contribution in [0.5, 0.6) is 0 Å². The Hall–Kier alpha value is -2.03. The lowest BCUT2D eigenvalue weighted by atomic mass is 9.96. The van der Waals surface area contributed by atoms with E-state index in [-0.39, 0.29) is 12.5 Å². The van der Waals surface area contributed by atoms with Gasteiger partial charge in [0.25, 0.3) is 0 Å². The second kappa shape index (κ2) is 8.11. The second-order valence-corrected chi connectivity index (χ2v) is 8.16. The van der Waals surface area contributed by atoms with Gasteiger partial charge in [0, 0.05) is 29.7 Å². The molecule has 4 rings (SSSR count). The molecule has 3 aromatic heterocycles. The van der Waals surface area contributed by atoms with Crippen LogP contribution in [0.1, 0.15) is 30.1 Å². The molecule has 0 bridgehead atoms. The number of rotatable bonds is 6. The second-order valence-electron chi connectivity index (χ2n) is 6.36. The van der Waals surface area contributed by atoms with E-state index in [1.54, 1.807) is 28.9 Å². The molecule has 26 heavy (non-hydrogen) atoms. The number of carbonyl (C=O) groups is 1. The van der Waals surface area contributed by atoms with Gasteiger partial charge in [-0.05, 0) is 36.9 Å². The fourth-order valence-corrected chi connectivity index (χ4v) is 4.84. The molecular formula is C18H21N5OS2. The van der Waals surface area contributed by atoms with Crippen molar-refractivity contribution in [2.24, 2.45) is 0 Å². The van der Waals surface area contributed by atoms with E-state index in [4.69, 9.17) is 0 Å². The lowest BCUT2D eigenvalue weighted by Crippen LogP contribution is -2.32. The maximum atomic E-state index is 12.3. The Labute approximate surface area is 160 Å². The van der Waals surface area contributed by atoms with Crippen molar-refractivity contribution in [2.45, 2.75) is 31.8 Å². The molecule has 2 N–H and O–H groups in total. The van der Waals surface area contributed by atoms with Gasteiger partial charge in [-0.2, -0.15) is 5.10 Å². The molecule has 1 aliphatic rings. The smallest absolute Gasteiger partial charge is 0.242 e. The fraction of sp³-hybridized carbons (Fsp3) is 0.389. The zero-order valence-corrected chi connectivity index (χ0v) is 16.0. The molecule has 0 saturated carbocycles. The van der Waals surface area contributed by atoms with Crippen molar-refractivity contribution < 1.29 is 4.79 Å². The van der Waals surface area contributed by atoms with E-state index in [0.717, 1.165) is 40.8 Å². The highest BCUT2D eigenvalue weighted by Gasteiger charge is 2.20. The van der Waals surface area contributed by atoms with E-state index in [9.17, 15) is 4.79 Å². The lowest BCUT2D eigenvalue weighted by Gasteiger charge is -2.23. The number of nitrogens with one attached hydrogen (secondary N) is 2. The number of piperidine rings is 1. The molecule has 1 saturated heterocycles. The van der Waals surface area contributed by atoms with Crippen LogP contribution >= 0.6 is 22.7 Å². The summed E-state index contributed by atoms with van der Waals surface area (Å²) in [5, 5.41) is 15.8. The van der Waals surface area contributed by atoms with Gasteiger partial charge in [0.15, 0.2) is 0 Å². The molecule has 0 radical (unpaired) electrons. The van der Waals surface area contributed by atoms with Gasteiger partial charge in [-0.25, -0.2) is 4.98 Å². The number of thiophene rings is 1. The molecule has 1 aliphatic heterocycles. The Balaban J connectivity index is 1.33. The summed E-state index contributed by atoms with van der Waals surface area (Å²) in [7, 11) is 0. The van der Waals surface area contributed by atoms with Crippen molar-refractivity contribution in [1.29, 1.82) is 0 Å². The van der Waals surface area contributed by atoms with Gasteiger partial charge in [-0.1, -0.05) is 6.07 Å². The van der Waals surface area contributed by atoms with Crippen molar-refractivity contribution in [2.75, 3.05) is 13.1 Å². The van der Waals surface area contributed by atoms with E-state index < -0.39 is 0 Å². The molecule has 3 aromatic rings. The first-order valence-corrected chi connectivity index (χ1v) is 10.5.